The number of urea groups is 1. The second-order valence-corrected chi connectivity index (χ2v) is 6.71. The molecule has 6 nitrogen and oxygen atoms in total. The van der Waals surface area contributed by atoms with Gasteiger partial charge in [0.2, 0.25) is 5.88 Å². The molecule has 1 unspecified atom stereocenters. The van der Waals surface area contributed by atoms with E-state index in [9.17, 15) is 4.79 Å². The van der Waals surface area contributed by atoms with Gasteiger partial charge in [-0.1, -0.05) is 12.1 Å². The molecule has 138 valence electrons. The van der Waals surface area contributed by atoms with Crippen molar-refractivity contribution in [3.8, 4) is 11.6 Å². The van der Waals surface area contributed by atoms with E-state index in [1.807, 2.05) is 38.1 Å². The predicted molar refractivity (Wildman–Crippen MR) is 101 cm³/mol. The average Bonchev–Trinajstić information content (AvgIpc) is 3.46. The molecule has 1 aliphatic carbocycles. The van der Waals surface area contributed by atoms with Crippen LogP contribution in [-0.4, -0.2) is 24.2 Å². The third kappa shape index (κ3) is 4.65. The quantitative estimate of drug-likeness (QED) is 0.782. The van der Waals surface area contributed by atoms with Crippen molar-refractivity contribution in [1.29, 1.82) is 0 Å². The summed E-state index contributed by atoms with van der Waals surface area (Å²) in [5.41, 5.74) is 1.64. The second-order valence-electron chi connectivity index (χ2n) is 6.71. The van der Waals surface area contributed by atoms with E-state index in [0.29, 0.717) is 17.5 Å². The molecule has 1 heterocycles. The van der Waals surface area contributed by atoms with Crippen LogP contribution < -0.4 is 20.1 Å². The Labute approximate surface area is 153 Å². The van der Waals surface area contributed by atoms with Crippen molar-refractivity contribution in [3.05, 3.63) is 48.2 Å². The van der Waals surface area contributed by atoms with Crippen molar-refractivity contribution in [1.82, 2.24) is 10.3 Å². The van der Waals surface area contributed by atoms with E-state index in [4.69, 9.17) is 9.47 Å². The molecule has 1 aliphatic rings. The highest BCUT2D eigenvalue weighted by molar-refractivity contribution is 5.90. The van der Waals surface area contributed by atoms with Crippen molar-refractivity contribution >= 4 is 11.7 Å². The number of methoxy groups -OCH3 is 1. The maximum Gasteiger partial charge on any atom is 0.319 e. The van der Waals surface area contributed by atoms with Gasteiger partial charge in [-0.2, -0.15) is 0 Å². The first-order valence-electron chi connectivity index (χ1n) is 8.90. The van der Waals surface area contributed by atoms with Gasteiger partial charge < -0.3 is 20.1 Å². The molecule has 2 N–H and O–H groups in total. The van der Waals surface area contributed by atoms with Crippen LogP contribution in [0, 0.1) is 5.92 Å². The van der Waals surface area contributed by atoms with Gasteiger partial charge in [-0.05, 0) is 62.4 Å². The van der Waals surface area contributed by atoms with Crippen LogP contribution in [-0.2, 0) is 0 Å². The third-order valence-electron chi connectivity index (χ3n) is 4.22. The number of hydrogen-bond acceptors (Lipinski definition) is 4. The first kappa shape index (κ1) is 18.0. The summed E-state index contributed by atoms with van der Waals surface area (Å²) in [6.45, 7) is 3.84. The lowest BCUT2D eigenvalue weighted by atomic mass is 10.0. The Morgan fingerprint density at radius 2 is 1.92 bits per heavy atom. The summed E-state index contributed by atoms with van der Waals surface area (Å²) in [6, 6.07) is 11.1. The molecule has 1 saturated carbocycles. The van der Waals surface area contributed by atoms with Gasteiger partial charge in [-0.25, -0.2) is 9.78 Å². The van der Waals surface area contributed by atoms with Crippen LogP contribution in [0.2, 0.25) is 0 Å². The molecule has 0 radical (unpaired) electrons. The molecular weight excluding hydrogens is 330 g/mol. The van der Waals surface area contributed by atoms with Crippen LogP contribution >= 0.6 is 0 Å². The van der Waals surface area contributed by atoms with Crippen LogP contribution in [0.1, 0.15) is 38.3 Å². The maximum absolute atomic E-state index is 12.6. The number of pyridine rings is 1. The summed E-state index contributed by atoms with van der Waals surface area (Å²) >= 11 is 0. The fraction of sp³-hybridized carbons (Fsp3) is 0.400. The number of nitrogens with one attached hydrogen (secondary N) is 2. The summed E-state index contributed by atoms with van der Waals surface area (Å²) in [6.07, 6.45) is 3.86. The first-order chi connectivity index (χ1) is 12.6. The lowest BCUT2D eigenvalue weighted by molar-refractivity contribution is 0.232. The van der Waals surface area contributed by atoms with Crippen molar-refractivity contribution in [2.45, 2.75) is 38.8 Å². The van der Waals surface area contributed by atoms with E-state index in [1.165, 1.54) is 0 Å². The van der Waals surface area contributed by atoms with Gasteiger partial charge in [0.05, 0.1) is 19.3 Å². The number of nitrogens with zero attached hydrogens (tertiary/aromatic N) is 1. The average molecular weight is 355 g/mol. The Hall–Kier alpha value is -2.76. The van der Waals surface area contributed by atoms with Crippen molar-refractivity contribution in [3.63, 3.8) is 0 Å². The number of carbonyl (C=O) groups is 1. The van der Waals surface area contributed by atoms with E-state index in [2.05, 4.69) is 15.6 Å². The topological polar surface area (TPSA) is 72.5 Å². The number of aromatic nitrogens is 1. The van der Waals surface area contributed by atoms with Crippen molar-refractivity contribution < 1.29 is 14.3 Å². The lowest BCUT2D eigenvalue weighted by Crippen LogP contribution is -2.34. The van der Waals surface area contributed by atoms with Gasteiger partial charge in [0.25, 0.3) is 0 Å². The van der Waals surface area contributed by atoms with Gasteiger partial charge in [0.1, 0.15) is 11.4 Å². The normalized spacial score (nSPS) is 14.6. The van der Waals surface area contributed by atoms with Gasteiger partial charge in [-0.15, -0.1) is 0 Å². The molecule has 0 saturated heterocycles. The van der Waals surface area contributed by atoms with Crippen LogP contribution in [0.3, 0.4) is 0 Å². The lowest BCUT2D eigenvalue weighted by Gasteiger charge is -2.20. The number of anilines is 1. The summed E-state index contributed by atoms with van der Waals surface area (Å²) in [7, 11) is 1.64. The minimum atomic E-state index is -0.265. The van der Waals surface area contributed by atoms with Gasteiger partial charge in [0.15, 0.2) is 0 Å². The zero-order valence-corrected chi connectivity index (χ0v) is 15.4. The van der Waals surface area contributed by atoms with Crippen LogP contribution in [0.15, 0.2) is 42.6 Å². The van der Waals surface area contributed by atoms with Gasteiger partial charge in [0, 0.05) is 6.20 Å². The molecule has 26 heavy (non-hydrogen) atoms. The Balaban J connectivity index is 1.69. The van der Waals surface area contributed by atoms with Crippen LogP contribution in [0.25, 0.3) is 0 Å². The monoisotopic (exact) mass is 355 g/mol. The van der Waals surface area contributed by atoms with Crippen molar-refractivity contribution in [2.75, 3.05) is 12.4 Å². The van der Waals surface area contributed by atoms with Gasteiger partial charge >= 0.3 is 6.03 Å². The molecule has 3 rings (SSSR count). The number of ether oxygens (including phenoxy) is 2. The van der Waals surface area contributed by atoms with E-state index in [0.717, 1.165) is 24.2 Å². The van der Waals surface area contributed by atoms with E-state index < -0.39 is 0 Å². The fourth-order valence-electron chi connectivity index (χ4n) is 2.82. The Morgan fingerprint density at radius 1 is 1.19 bits per heavy atom. The third-order valence-corrected chi connectivity index (χ3v) is 4.22. The highest BCUT2D eigenvalue weighted by Crippen LogP contribution is 2.41. The Kier molecular flexibility index (Phi) is 5.61. The predicted octanol–water partition coefficient (Wildman–Crippen LogP) is 4.15. The molecule has 0 aliphatic heterocycles. The Bertz CT molecular complexity index is 742. The SMILES string of the molecule is COc1ccc(C(NC(=O)Nc2cccnc2OC(C)C)C2CC2)cc1. The molecule has 2 amide bonds. The summed E-state index contributed by atoms with van der Waals surface area (Å²) in [5, 5.41) is 5.95. The summed E-state index contributed by atoms with van der Waals surface area (Å²) in [5.74, 6) is 1.69. The smallest absolute Gasteiger partial charge is 0.319 e. The van der Waals surface area contributed by atoms with Gasteiger partial charge in [-0.3, -0.25) is 0 Å². The first-order valence-corrected chi connectivity index (χ1v) is 8.90. The van der Waals surface area contributed by atoms with Crippen molar-refractivity contribution in [2.24, 2.45) is 5.92 Å². The van der Waals surface area contributed by atoms with Crippen LogP contribution in [0.4, 0.5) is 10.5 Å². The second kappa shape index (κ2) is 8.08. The molecule has 1 atom stereocenters. The number of amides is 2. The number of hydrogen-bond donors (Lipinski definition) is 2. The molecule has 1 aromatic heterocycles. The molecule has 2 aromatic rings. The zero-order chi connectivity index (χ0) is 18.5. The summed E-state index contributed by atoms with van der Waals surface area (Å²) < 4.78 is 10.9. The number of carbonyl (C=O) groups excluding carboxylic acids is 1. The van der Waals surface area contributed by atoms with E-state index >= 15 is 0 Å². The van der Waals surface area contributed by atoms with Crippen LogP contribution in [0.5, 0.6) is 11.6 Å². The van der Waals surface area contributed by atoms with E-state index in [1.54, 1.807) is 25.4 Å². The summed E-state index contributed by atoms with van der Waals surface area (Å²) in [4.78, 5) is 16.8. The maximum atomic E-state index is 12.6. The minimum absolute atomic E-state index is 0.0213. The molecule has 0 spiro atoms. The molecular formula is C20H25N3O3. The molecule has 0 bridgehead atoms. The highest BCUT2D eigenvalue weighted by Gasteiger charge is 2.33. The Morgan fingerprint density at radius 3 is 2.54 bits per heavy atom. The molecule has 1 aromatic carbocycles. The van der Waals surface area contributed by atoms with E-state index in [-0.39, 0.29) is 18.2 Å². The molecule has 6 heteroatoms. The highest BCUT2D eigenvalue weighted by atomic mass is 16.5. The zero-order valence-electron chi connectivity index (χ0n) is 15.4. The number of rotatable bonds is 7. The minimum Gasteiger partial charge on any atom is -0.497 e. The number of benzene rings is 1. The largest absolute Gasteiger partial charge is 0.497 e. The fourth-order valence-corrected chi connectivity index (χ4v) is 2.82. The molecule has 1 fully saturated rings. The standard InChI is InChI=1S/C20H25N3O3/c1-13(2)26-19-17(5-4-12-21-19)22-20(24)23-18(14-6-7-14)15-8-10-16(25-3)11-9-15/h4-5,8-14,18H,6-7H2,1-3H3,(H2,22,23,24).